The van der Waals surface area contributed by atoms with Crippen molar-refractivity contribution in [1.82, 2.24) is 0 Å². The first kappa shape index (κ1) is 10.8. The molecule has 0 aliphatic carbocycles. The van der Waals surface area contributed by atoms with Crippen LogP contribution < -0.4 is 4.90 Å². The van der Waals surface area contributed by atoms with E-state index in [1.54, 1.807) is 0 Å². The zero-order valence-electron chi connectivity index (χ0n) is 7.11. The normalized spacial score (nSPS) is 13.5. The number of anilines is 1. The fourth-order valence-corrected chi connectivity index (χ4v) is 1.89. The second-order valence-corrected chi connectivity index (χ2v) is 3.31. The van der Waals surface area contributed by atoms with E-state index < -0.39 is 0 Å². The highest BCUT2D eigenvalue weighted by atomic mass is 79.9. The molecular weight excluding hydrogens is 294 g/mol. The van der Waals surface area contributed by atoms with Gasteiger partial charge < -0.3 is 4.90 Å². The third-order valence-corrected chi connectivity index (χ3v) is 2.59. The maximum absolute atomic E-state index is 3.46. The number of halogens is 2. The summed E-state index contributed by atoms with van der Waals surface area (Å²) in [5, 5.41) is 0. The summed E-state index contributed by atoms with van der Waals surface area (Å²) in [6, 6.07) is 8.49. The second kappa shape index (κ2) is 4.82. The van der Waals surface area contributed by atoms with Gasteiger partial charge >= 0.3 is 0 Å². The van der Waals surface area contributed by atoms with E-state index in [4.69, 9.17) is 0 Å². The Morgan fingerprint density at radius 3 is 2.85 bits per heavy atom. The molecule has 13 heavy (non-hydrogen) atoms. The number of allylic oxidation sites excluding steroid dienone is 1. The summed E-state index contributed by atoms with van der Waals surface area (Å²) in [7, 11) is 0. The van der Waals surface area contributed by atoms with Crippen LogP contribution in [0.3, 0.4) is 0 Å². The van der Waals surface area contributed by atoms with Crippen molar-refractivity contribution in [2.24, 2.45) is 0 Å². The SMILES string of the molecule is Br.BrCN1C=CCc2ccccc21. The van der Waals surface area contributed by atoms with Gasteiger partial charge in [0.25, 0.3) is 0 Å². The average Bonchev–Trinajstić information content (AvgIpc) is 2.17. The predicted octanol–water partition coefficient (Wildman–Crippen LogP) is 3.49. The first-order valence-electron chi connectivity index (χ1n) is 3.99. The van der Waals surface area contributed by atoms with E-state index in [1.807, 2.05) is 0 Å². The minimum Gasteiger partial charge on any atom is -0.338 e. The topological polar surface area (TPSA) is 3.24 Å². The van der Waals surface area contributed by atoms with Crippen molar-refractivity contribution in [3.63, 3.8) is 0 Å². The molecule has 0 saturated heterocycles. The summed E-state index contributed by atoms with van der Waals surface area (Å²) < 4.78 is 0. The largest absolute Gasteiger partial charge is 0.338 e. The summed E-state index contributed by atoms with van der Waals surface area (Å²) >= 11 is 3.46. The fourth-order valence-electron chi connectivity index (χ4n) is 1.46. The van der Waals surface area contributed by atoms with E-state index in [0.29, 0.717) is 0 Å². The predicted molar refractivity (Wildman–Crippen MR) is 65.9 cm³/mol. The van der Waals surface area contributed by atoms with Crippen LogP contribution in [0.25, 0.3) is 0 Å². The van der Waals surface area contributed by atoms with Crippen LogP contribution in [-0.4, -0.2) is 5.45 Å². The lowest BCUT2D eigenvalue weighted by molar-refractivity contribution is 1.08. The molecule has 0 N–H and O–H groups in total. The van der Waals surface area contributed by atoms with Gasteiger partial charge in [-0.2, -0.15) is 0 Å². The van der Waals surface area contributed by atoms with Gasteiger partial charge in [0.2, 0.25) is 0 Å². The number of hydrogen-bond acceptors (Lipinski definition) is 1. The molecule has 1 aliphatic rings. The highest BCUT2D eigenvalue weighted by Crippen LogP contribution is 2.25. The zero-order chi connectivity index (χ0) is 8.39. The highest BCUT2D eigenvalue weighted by molar-refractivity contribution is 9.09. The van der Waals surface area contributed by atoms with Crippen LogP contribution in [-0.2, 0) is 6.42 Å². The molecule has 0 saturated carbocycles. The maximum atomic E-state index is 3.46. The molecule has 0 fully saturated rings. The number of hydrogen-bond donors (Lipinski definition) is 0. The third kappa shape index (κ3) is 2.15. The van der Waals surface area contributed by atoms with Gasteiger partial charge in [0, 0.05) is 11.9 Å². The third-order valence-electron chi connectivity index (χ3n) is 2.05. The van der Waals surface area contributed by atoms with E-state index >= 15 is 0 Å². The van der Waals surface area contributed by atoms with Crippen LogP contribution in [0.15, 0.2) is 36.5 Å². The minimum absolute atomic E-state index is 0. The molecule has 1 aromatic carbocycles. The summed E-state index contributed by atoms with van der Waals surface area (Å²) in [5.41, 5.74) is 3.58. The molecule has 0 spiro atoms. The number of fused-ring (bicyclic) bond motifs is 1. The highest BCUT2D eigenvalue weighted by Gasteiger charge is 2.09. The van der Waals surface area contributed by atoms with Gasteiger partial charge in [-0.05, 0) is 18.1 Å². The van der Waals surface area contributed by atoms with Crippen molar-refractivity contribution in [3.05, 3.63) is 42.1 Å². The maximum Gasteiger partial charge on any atom is 0.0779 e. The second-order valence-electron chi connectivity index (χ2n) is 2.81. The van der Waals surface area contributed by atoms with Crippen molar-refractivity contribution in [2.45, 2.75) is 6.42 Å². The molecule has 2 rings (SSSR count). The quantitative estimate of drug-likeness (QED) is 0.567. The number of alkyl halides is 1. The number of benzene rings is 1. The number of para-hydroxylation sites is 1. The van der Waals surface area contributed by atoms with Crippen LogP contribution >= 0.6 is 32.9 Å². The Bertz CT molecular complexity index is 310. The molecule has 0 unspecified atom stereocenters. The van der Waals surface area contributed by atoms with Crippen molar-refractivity contribution >= 4 is 38.6 Å². The van der Waals surface area contributed by atoms with E-state index in [0.717, 1.165) is 11.9 Å². The van der Waals surface area contributed by atoms with Crippen molar-refractivity contribution < 1.29 is 0 Å². The molecule has 0 bridgehead atoms. The van der Waals surface area contributed by atoms with E-state index in [2.05, 4.69) is 57.4 Å². The first-order valence-corrected chi connectivity index (χ1v) is 5.11. The molecular formula is C10H11Br2N. The van der Waals surface area contributed by atoms with Crippen molar-refractivity contribution in [3.8, 4) is 0 Å². The Hall–Kier alpha value is -0.280. The summed E-state index contributed by atoms with van der Waals surface area (Å²) in [6.45, 7) is 0. The van der Waals surface area contributed by atoms with Gasteiger partial charge in [0.1, 0.15) is 0 Å². The molecule has 0 aromatic heterocycles. The van der Waals surface area contributed by atoms with E-state index in [1.165, 1.54) is 11.3 Å². The summed E-state index contributed by atoms with van der Waals surface area (Å²) in [6.07, 6.45) is 5.36. The van der Waals surface area contributed by atoms with Crippen molar-refractivity contribution in [2.75, 3.05) is 10.4 Å². The van der Waals surface area contributed by atoms with Crippen molar-refractivity contribution in [1.29, 1.82) is 0 Å². The molecule has 70 valence electrons. The standard InChI is InChI=1S/C10H10BrN.BrH/c11-8-12-7-3-5-9-4-1-2-6-10(9)12;/h1-4,6-7H,5,8H2;1H. The molecule has 3 heteroatoms. The van der Waals surface area contributed by atoms with Crippen LogP contribution in [0.4, 0.5) is 5.69 Å². The van der Waals surface area contributed by atoms with Crippen LogP contribution in [0.2, 0.25) is 0 Å². The lowest BCUT2D eigenvalue weighted by atomic mass is 10.1. The Kier molecular flexibility index (Phi) is 4.00. The Morgan fingerprint density at radius 2 is 2.08 bits per heavy atom. The fraction of sp³-hybridized carbons (Fsp3) is 0.200. The Morgan fingerprint density at radius 1 is 1.31 bits per heavy atom. The number of nitrogens with zero attached hydrogens (tertiary/aromatic N) is 1. The van der Waals surface area contributed by atoms with E-state index in [-0.39, 0.29) is 17.0 Å². The molecule has 1 aromatic rings. The molecule has 1 aliphatic heterocycles. The first-order chi connectivity index (χ1) is 5.92. The van der Waals surface area contributed by atoms with Gasteiger partial charge in [-0.15, -0.1) is 17.0 Å². The monoisotopic (exact) mass is 303 g/mol. The zero-order valence-corrected chi connectivity index (χ0v) is 10.4. The van der Waals surface area contributed by atoms with Gasteiger partial charge in [0.15, 0.2) is 0 Å². The van der Waals surface area contributed by atoms with Crippen LogP contribution in [0, 0.1) is 0 Å². The molecule has 1 nitrogen and oxygen atoms in total. The average molecular weight is 305 g/mol. The van der Waals surface area contributed by atoms with Crippen LogP contribution in [0.5, 0.6) is 0 Å². The lowest BCUT2D eigenvalue weighted by Crippen LogP contribution is -2.17. The Balaban J connectivity index is 0.000000845. The lowest BCUT2D eigenvalue weighted by Gasteiger charge is -2.23. The van der Waals surface area contributed by atoms with Gasteiger partial charge in [-0.1, -0.05) is 40.2 Å². The smallest absolute Gasteiger partial charge is 0.0779 e. The van der Waals surface area contributed by atoms with Crippen LogP contribution in [0.1, 0.15) is 5.56 Å². The van der Waals surface area contributed by atoms with Gasteiger partial charge in [-0.3, -0.25) is 0 Å². The minimum atomic E-state index is 0. The molecule has 0 amide bonds. The van der Waals surface area contributed by atoms with E-state index in [9.17, 15) is 0 Å². The number of rotatable bonds is 1. The summed E-state index contributed by atoms with van der Waals surface area (Å²) in [4.78, 5) is 2.19. The van der Waals surface area contributed by atoms with Gasteiger partial charge in [-0.25, -0.2) is 0 Å². The molecule has 0 atom stereocenters. The molecule has 1 heterocycles. The molecule has 0 radical (unpaired) electrons. The summed E-state index contributed by atoms with van der Waals surface area (Å²) in [5.74, 6) is 0. The Labute approximate surface area is 97.3 Å². The van der Waals surface area contributed by atoms with Gasteiger partial charge in [0.05, 0.1) is 5.45 Å².